The summed E-state index contributed by atoms with van der Waals surface area (Å²) in [5, 5.41) is 3.73. The number of hydrogen-bond donors (Lipinski definition) is 3. The van der Waals surface area contributed by atoms with E-state index < -0.39 is 0 Å². The summed E-state index contributed by atoms with van der Waals surface area (Å²) < 4.78 is 0.987. The van der Waals surface area contributed by atoms with Crippen LogP contribution in [0.4, 0.5) is 5.82 Å². The molecule has 2 heterocycles. The van der Waals surface area contributed by atoms with Crippen LogP contribution in [0, 0.1) is 0 Å². The first-order chi connectivity index (χ1) is 13.8. The zero-order valence-corrected chi connectivity index (χ0v) is 16.7. The Bertz CT molecular complexity index is 1060. The van der Waals surface area contributed by atoms with E-state index in [0.29, 0.717) is 10.9 Å². The average molecular weight is 406 g/mol. The van der Waals surface area contributed by atoms with Gasteiger partial charge in [-0.2, -0.15) is 0 Å². The Morgan fingerprint density at radius 1 is 0.964 bits per heavy atom. The van der Waals surface area contributed by atoms with Gasteiger partial charge in [0.2, 0.25) is 0 Å². The maximum atomic E-state index is 5.35. The first-order valence-electron chi connectivity index (χ1n) is 8.93. The molecule has 0 saturated heterocycles. The molecule has 0 spiro atoms. The predicted octanol–water partition coefficient (Wildman–Crippen LogP) is 4.39. The van der Waals surface area contributed by atoms with Crippen molar-refractivity contribution in [3.8, 4) is 10.4 Å². The Balaban J connectivity index is 1.38. The molecule has 28 heavy (non-hydrogen) atoms. The van der Waals surface area contributed by atoms with E-state index in [0.717, 1.165) is 28.1 Å². The number of hydrazine groups is 1. The number of fused-ring (bicyclic) bond motifs is 1. The Morgan fingerprint density at radius 3 is 2.50 bits per heavy atom. The Hall–Kier alpha value is -3.03. The van der Waals surface area contributed by atoms with Gasteiger partial charge in [0, 0.05) is 11.4 Å². The third-order valence-corrected chi connectivity index (χ3v) is 5.63. The molecule has 3 N–H and O–H groups in total. The highest BCUT2D eigenvalue weighted by Gasteiger charge is 2.10. The van der Waals surface area contributed by atoms with Gasteiger partial charge in [0.25, 0.3) is 0 Å². The molecule has 0 saturated carbocycles. The highest BCUT2D eigenvalue weighted by atomic mass is 32.1. The van der Waals surface area contributed by atoms with Crippen LogP contribution in [0.1, 0.15) is 5.56 Å². The van der Waals surface area contributed by atoms with Crippen LogP contribution in [0.15, 0.2) is 73.1 Å². The minimum absolute atomic E-state index is 0.530. The number of thiocarbonyl (C=S) groups is 1. The van der Waals surface area contributed by atoms with Crippen LogP contribution >= 0.6 is 23.6 Å². The van der Waals surface area contributed by atoms with Gasteiger partial charge in [-0.1, -0.05) is 60.7 Å². The largest absolute Gasteiger partial charge is 0.361 e. The quantitative estimate of drug-likeness (QED) is 0.327. The van der Waals surface area contributed by atoms with E-state index in [1.807, 2.05) is 36.4 Å². The van der Waals surface area contributed by atoms with Crippen molar-refractivity contribution in [3.63, 3.8) is 0 Å². The van der Waals surface area contributed by atoms with Crippen LogP contribution in [-0.4, -0.2) is 21.6 Å². The SMILES string of the molecule is S=C(NCCc1ccccc1)NNc1ncnc2cc(-c3ccccc3)sc12. The lowest BCUT2D eigenvalue weighted by Gasteiger charge is -2.12. The monoisotopic (exact) mass is 405 g/mol. The predicted molar refractivity (Wildman–Crippen MR) is 120 cm³/mol. The highest BCUT2D eigenvalue weighted by Crippen LogP contribution is 2.35. The molecule has 0 aliphatic carbocycles. The molecule has 0 radical (unpaired) electrons. The van der Waals surface area contributed by atoms with Gasteiger partial charge in [0.15, 0.2) is 10.9 Å². The number of thiophene rings is 1. The number of hydrogen-bond acceptors (Lipinski definition) is 5. The molecule has 0 amide bonds. The smallest absolute Gasteiger partial charge is 0.185 e. The molecule has 0 bridgehead atoms. The third-order valence-electron chi connectivity index (χ3n) is 4.21. The number of aromatic nitrogens is 2. The summed E-state index contributed by atoms with van der Waals surface area (Å²) in [5.74, 6) is 0.712. The molecule has 0 unspecified atom stereocenters. The third kappa shape index (κ3) is 4.44. The summed E-state index contributed by atoms with van der Waals surface area (Å²) in [6.45, 7) is 0.758. The van der Waals surface area contributed by atoms with E-state index in [-0.39, 0.29) is 0 Å². The number of anilines is 1. The molecule has 140 valence electrons. The Morgan fingerprint density at radius 2 is 1.71 bits per heavy atom. The summed E-state index contributed by atoms with van der Waals surface area (Å²) in [5.41, 5.74) is 9.47. The fourth-order valence-corrected chi connectivity index (χ4v) is 4.03. The van der Waals surface area contributed by atoms with E-state index in [4.69, 9.17) is 12.2 Å². The second kappa shape index (κ2) is 8.77. The molecule has 0 atom stereocenters. The molecule has 4 rings (SSSR count). The maximum Gasteiger partial charge on any atom is 0.185 e. The lowest BCUT2D eigenvalue weighted by Crippen LogP contribution is -2.39. The summed E-state index contributed by atoms with van der Waals surface area (Å²) in [7, 11) is 0. The normalized spacial score (nSPS) is 10.6. The van der Waals surface area contributed by atoms with Crippen LogP contribution in [0.2, 0.25) is 0 Å². The molecular formula is C21H19N5S2. The van der Waals surface area contributed by atoms with Crippen molar-refractivity contribution in [2.45, 2.75) is 6.42 Å². The molecule has 4 aromatic rings. The van der Waals surface area contributed by atoms with Gasteiger partial charge in [-0.05, 0) is 35.8 Å². The fraction of sp³-hybridized carbons (Fsp3) is 0.0952. The topological polar surface area (TPSA) is 61.9 Å². The van der Waals surface area contributed by atoms with Gasteiger partial charge >= 0.3 is 0 Å². The summed E-state index contributed by atoms with van der Waals surface area (Å²) >= 11 is 7.00. The standard InChI is InChI=1S/C21H19N5S2/c27-21(22-12-11-15-7-3-1-4-8-15)26-25-20-19-17(23-14-24-20)13-18(28-19)16-9-5-2-6-10-16/h1-10,13-14H,11-12H2,(H2,22,26,27)(H,23,24,25). The van der Waals surface area contributed by atoms with Crippen LogP contribution in [0.25, 0.3) is 20.7 Å². The Labute approximate surface area is 172 Å². The Kier molecular flexibility index (Phi) is 5.75. The second-order valence-electron chi connectivity index (χ2n) is 6.15. The number of rotatable bonds is 6. The van der Waals surface area contributed by atoms with Crippen molar-refractivity contribution in [2.75, 3.05) is 12.0 Å². The molecule has 0 aliphatic rings. The van der Waals surface area contributed by atoms with Gasteiger partial charge in [-0.3, -0.25) is 10.9 Å². The molecule has 2 aromatic carbocycles. The first kappa shape index (κ1) is 18.3. The van der Waals surface area contributed by atoms with Crippen LogP contribution in [-0.2, 0) is 6.42 Å². The molecule has 2 aromatic heterocycles. The minimum atomic E-state index is 0.530. The fourth-order valence-electron chi connectivity index (χ4n) is 2.81. The first-order valence-corrected chi connectivity index (χ1v) is 10.2. The van der Waals surface area contributed by atoms with Crippen molar-refractivity contribution < 1.29 is 0 Å². The second-order valence-corrected chi connectivity index (χ2v) is 7.62. The van der Waals surface area contributed by atoms with Crippen molar-refractivity contribution in [2.24, 2.45) is 0 Å². The summed E-state index contributed by atoms with van der Waals surface area (Å²) in [6, 6.07) is 22.7. The van der Waals surface area contributed by atoms with Crippen molar-refractivity contribution >= 4 is 44.7 Å². The van der Waals surface area contributed by atoms with E-state index in [2.05, 4.69) is 56.5 Å². The maximum absolute atomic E-state index is 5.35. The number of benzene rings is 2. The van der Waals surface area contributed by atoms with E-state index in [1.54, 1.807) is 17.7 Å². The summed E-state index contributed by atoms with van der Waals surface area (Å²) in [4.78, 5) is 9.89. The zero-order valence-electron chi connectivity index (χ0n) is 15.1. The van der Waals surface area contributed by atoms with Gasteiger partial charge in [0.05, 0.1) is 10.2 Å². The van der Waals surface area contributed by atoms with E-state index in [1.165, 1.54) is 11.1 Å². The van der Waals surface area contributed by atoms with Crippen molar-refractivity contribution in [1.82, 2.24) is 20.7 Å². The van der Waals surface area contributed by atoms with Gasteiger partial charge in [-0.15, -0.1) is 11.3 Å². The highest BCUT2D eigenvalue weighted by molar-refractivity contribution is 7.80. The van der Waals surface area contributed by atoms with E-state index >= 15 is 0 Å². The molecule has 5 nitrogen and oxygen atoms in total. The van der Waals surface area contributed by atoms with Crippen LogP contribution in [0.3, 0.4) is 0 Å². The molecular weight excluding hydrogens is 386 g/mol. The molecule has 0 fully saturated rings. The average Bonchev–Trinajstić information content (AvgIpc) is 3.19. The van der Waals surface area contributed by atoms with Gasteiger partial charge in [0.1, 0.15) is 6.33 Å². The van der Waals surface area contributed by atoms with Crippen LogP contribution < -0.4 is 16.2 Å². The van der Waals surface area contributed by atoms with E-state index in [9.17, 15) is 0 Å². The van der Waals surface area contributed by atoms with Crippen molar-refractivity contribution in [1.29, 1.82) is 0 Å². The minimum Gasteiger partial charge on any atom is -0.361 e. The number of nitrogens with zero attached hydrogens (tertiary/aromatic N) is 2. The molecule has 0 aliphatic heterocycles. The van der Waals surface area contributed by atoms with Crippen molar-refractivity contribution in [3.05, 3.63) is 78.6 Å². The molecule has 7 heteroatoms. The van der Waals surface area contributed by atoms with Crippen LogP contribution in [0.5, 0.6) is 0 Å². The van der Waals surface area contributed by atoms with Gasteiger partial charge < -0.3 is 5.32 Å². The number of nitrogens with one attached hydrogen (secondary N) is 3. The lowest BCUT2D eigenvalue weighted by atomic mass is 10.1. The summed E-state index contributed by atoms with van der Waals surface area (Å²) in [6.07, 6.45) is 2.46. The van der Waals surface area contributed by atoms with Gasteiger partial charge in [-0.25, -0.2) is 9.97 Å². The zero-order chi connectivity index (χ0) is 19.2. The lowest BCUT2D eigenvalue weighted by molar-refractivity contribution is 0.847.